The Morgan fingerprint density at radius 1 is 1.21 bits per heavy atom. The van der Waals surface area contributed by atoms with Crippen LogP contribution in [-0.4, -0.2) is 28.3 Å². The van der Waals surface area contributed by atoms with E-state index in [9.17, 15) is 14.7 Å². The summed E-state index contributed by atoms with van der Waals surface area (Å²) in [6.07, 6.45) is -0.251. The van der Waals surface area contributed by atoms with Gasteiger partial charge in [-0.3, -0.25) is 9.59 Å². The molecule has 1 unspecified atom stereocenters. The first-order valence-corrected chi connectivity index (χ1v) is 10.3. The van der Waals surface area contributed by atoms with Crippen molar-refractivity contribution in [3.8, 4) is 5.75 Å². The van der Waals surface area contributed by atoms with Crippen LogP contribution >= 0.6 is 35.0 Å². The van der Waals surface area contributed by atoms with Crippen LogP contribution in [0.2, 0.25) is 10.0 Å². The van der Waals surface area contributed by atoms with Crippen molar-refractivity contribution >= 4 is 52.5 Å². The second-order valence-corrected chi connectivity index (χ2v) is 8.73. The molecule has 0 radical (unpaired) electrons. The maximum Gasteiger partial charge on any atom is 0.305 e. The highest BCUT2D eigenvalue weighted by Crippen LogP contribution is 2.43. The van der Waals surface area contributed by atoms with Crippen LogP contribution in [-0.2, 0) is 16.1 Å². The summed E-state index contributed by atoms with van der Waals surface area (Å²) in [5, 5.41) is 9.32. The van der Waals surface area contributed by atoms with Gasteiger partial charge in [-0.1, -0.05) is 29.3 Å². The van der Waals surface area contributed by atoms with Gasteiger partial charge in [0.25, 0.3) is 0 Å². The molecule has 1 amide bonds. The zero-order chi connectivity index (χ0) is 20.4. The van der Waals surface area contributed by atoms with Gasteiger partial charge in [0.1, 0.15) is 5.75 Å². The van der Waals surface area contributed by atoms with Gasteiger partial charge in [0.05, 0.1) is 40.1 Å². The molecule has 0 saturated carbocycles. The van der Waals surface area contributed by atoms with Crippen LogP contribution in [0, 0.1) is 0 Å². The molecule has 8 heteroatoms. The van der Waals surface area contributed by atoms with Gasteiger partial charge in [-0.15, -0.1) is 11.8 Å². The lowest BCUT2D eigenvalue weighted by molar-refractivity contribution is -0.138. The zero-order valence-electron chi connectivity index (χ0n) is 15.3. The standard InChI is InChI=1S/C20H19Cl2NO4S/c1-11(2)27-13-4-6-17-16(8-13)23(20(26)18(28-17)9-19(24)25)10-12-3-5-14(21)15(22)7-12/h3-8,11,18H,9-10H2,1-2H3,(H,24,25). The fraction of sp³-hybridized carbons (Fsp3) is 0.300. The highest BCUT2D eigenvalue weighted by atomic mass is 35.5. The van der Waals surface area contributed by atoms with E-state index >= 15 is 0 Å². The van der Waals surface area contributed by atoms with Crippen LogP contribution in [0.25, 0.3) is 0 Å². The van der Waals surface area contributed by atoms with Crippen molar-refractivity contribution in [2.75, 3.05) is 4.90 Å². The van der Waals surface area contributed by atoms with Crippen molar-refractivity contribution in [2.24, 2.45) is 0 Å². The number of aliphatic carboxylic acids is 1. The third-order valence-corrected chi connectivity index (χ3v) is 6.08. The normalized spacial score (nSPS) is 16.2. The second-order valence-electron chi connectivity index (χ2n) is 6.67. The van der Waals surface area contributed by atoms with Crippen molar-refractivity contribution in [1.29, 1.82) is 0 Å². The number of anilines is 1. The van der Waals surface area contributed by atoms with Crippen molar-refractivity contribution in [2.45, 2.75) is 43.1 Å². The minimum atomic E-state index is -1.01. The van der Waals surface area contributed by atoms with Crippen LogP contribution in [0.1, 0.15) is 25.8 Å². The highest BCUT2D eigenvalue weighted by molar-refractivity contribution is 8.01. The van der Waals surface area contributed by atoms with E-state index in [0.717, 1.165) is 10.5 Å². The lowest BCUT2D eigenvalue weighted by Crippen LogP contribution is -2.41. The quantitative estimate of drug-likeness (QED) is 0.664. The predicted octanol–water partition coefficient (Wildman–Crippen LogP) is 5.26. The van der Waals surface area contributed by atoms with E-state index in [1.54, 1.807) is 23.1 Å². The van der Waals surface area contributed by atoms with Crippen LogP contribution < -0.4 is 9.64 Å². The Balaban J connectivity index is 1.99. The van der Waals surface area contributed by atoms with Crippen LogP contribution in [0.15, 0.2) is 41.3 Å². The van der Waals surface area contributed by atoms with Crippen molar-refractivity contribution in [3.05, 3.63) is 52.0 Å². The molecule has 1 aliphatic heterocycles. The molecule has 1 aliphatic rings. The number of carbonyl (C=O) groups is 2. The molecule has 2 aromatic carbocycles. The van der Waals surface area contributed by atoms with Gasteiger partial charge in [0, 0.05) is 11.0 Å². The SMILES string of the molecule is CC(C)Oc1ccc2c(c1)N(Cc1ccc(Cl)c(Cl)c1)C(=O)C(CC(=O)O)S2. The van der Waals surface area contributed by atoms with E-state index in [-0.39, 0.29) is 25.0 Å². The highest BCUT2D eigenvalue weighted by Gasteiger charge is 2.35. The average molecular weight is 440 g/mol. The number of halogens is 2. The van der Waals surface area contributed by atoms with Crippen LogP contribution in [0.5, 0.6) is 5.75 Å². The van der Waals surface area contributed by atoms with E-state index in [1.807, 2.05) is 32.0 Å². The molecule has 5 nitrogen and oxygen atoms in total. The third-order valence-electron chi connectivity index (χ3n) is 4.09. The Morgan fingerprint density at radius 2 is 1.96 bits per heavy atom. The van der Waals surface area contributed by atoms with Gasteiger partial charge in [-0.2, -0.15) is 0 Å². The lowest BCUT2D eigenvalue weighted by Gasteiger charge is -2.33. The number of hydrogen-bond acceptors (Lipinski definition) is 4. The number of thioether (sulfide) groups is 1. The summed E-state index contributed by atoms with van der Waals surface area (Å²) in [6.45, 7) is 4.11. The molecule has 0 spiro atoms. The maximum atomic E-state index is 13.1. The summed E-state index contributed by atoms with van der Waals surface area (Å²) in [5.74, 6) is -0.616. The van der Waals surface area contributed by atoms with Gasteiger partial charge >= 0.3 is 5.97 Å². The molecule has 1 heterocycles. The summed E-state index contributed by atoms with van der Waals surface area (Å²) in [7, 11) is 0. The van der Waals surface area contributed by atoms with Crippen molar-refractivity contribution in [3.63, 3.8) is 0 Å². The monoisotopic (exact) mass is 439 g/mol. The van der Waals surface area contributed by atoms with Crippen molar-refractivity contribution < 1.29 is 19.4 Å². The molecule has 2 aromatic rings. The first-order chi connectivity index (χ1) is 13.2. The summed E-state index contributed by atoms with van der Waals surface area (Å²) in [5.41, 5.74) is 1.49. The van der Waals surface area contributed by atoms with E-state index < -0.39 is 11.2 Å². The topological polar surface area (TPSA) is 66.8 Å². The number of benzene rings is 2. The van der Waals surface area contributed by atoms with Crippen LogP contribution in [0.3, 0.4) is 0 Å². The minimum Gasteiger partial charge on any atom is -0.491 e. The first kappa shape index (κ1) is 20.8. The molecule has 28 heavy (non-hydrogen) atoms. The summed E-state index contributed by atoms with van der Waals surface area (Å²) in [6, 6.07) is 10.7. The molecule has 0 aliphatic carbocycles. The summed E-state index contributed by atoms with van der Waals surface area (Å²) < 4.78 is 5.76. The first-order valence-electron chi connectivity index (χ1n) is 8.69. The number of carboxylic acids is 1. The molecule has 148 valence electrons. The van der Waals surface area contributed by atoms with E-state index in [0.29, 0.717) is 21.5 Å². The van der Waals surface area contributed by atoms with Gasteiger partial charge < -0.3 is 14.7 Å². The molecular formula is C20H19Cl2NO4S. The van der Waals surface area contributed by atoms with Crippen molar-refractivity contribution in [1.82, 2.24) is 0 Å². The number of nitrogens with zero attached hydrogens (tertiary/aromatic N) is 1. The van der Waals surface area contributed by atoms with E-state index in [2.05, 4.69) is 0 Å². The van der Waals surface area contributed by atoms with Gasteiger partial charge in [0.2, 0.25) is 5.91 Å². The summed E-state index contributed by atoms with van der Waals surface area (Å²) >= 11 is 13.4. The molecule has 3 rings (SSSR count). The second kappa shape index (κ2) is 8.64. The number of ether oxygens (including phenoxy) is 1. The van der Waals surface area contributed by atoms with Crippen LogP contribution in [0.4, 0.5) is 5.69 Å². The largest absolute Gasteiger partial charge is 0.491 e. The molecule has 0 saturated heterocycles. The molecule has 0 fully saturated rings. The zero-order valence-corrected chi connectivity index (χ0v) is 17.6. The number of hydrogen-bond donors (Lipinski definition) is 1. The number of rotatable bonds is 6. The Labute approximate surface area is 177 Å². The average Bonchev–Trinajstić information content (AvgIpc) is 2.61. The molecule has 1 N–H and O–H groups in total. The number of carbonyl (C=O) groups excluding carboxylic acids is 1. The van der Waals surface area contributed by atoms with E-state index in [1.165, 1.54) is 11.8 Å². The Hall–Kier alpha value is -1.89. The maximum absolute atomic E-state index is 13.1. The number of amides is 1. The third kappa shape index (κ3) is 4.74. The lowest BCUT2D eigenvalue weighted by atomic mass is 10.1. The fourth-order valence-electron chi connectivity index (χ4n) is 2.92. The Morgan fingerprint density at radius 3 is 2.61 bits per heavy atom. The number of carboxylic acid groups (broad SMARTS) is 1. The smallest absolute Gasteiger partial charge is 0.305 e. The van der Waals surface area contributed by atoms with Gasteiger partial charge in [-0.05, 0) is 43.7 Å². The van der Waals surface area contributed by atoms with Gasteiger partial charge in [-0.25, -0.2) is 0 Å². The molecule has 0 aromatic heterocycles. The van der Waals surface area contributed by atoms with E-state index in [4.69, 9.17) is 27.9 Å². The number of fused-ring (bicyclic) bond motifs is 1. The minimum absolute atomic E-state index is 0.00623. The molecule has 0 bridgehead atoms. The Kier molecular flexibility index (Phi) is 6.43. The van der Waals surface area contributed by atoms with Gasteiger partial charge in [0.15, 0.2) is 0 Å². The predicted molar refractivity (Wildman–Crippen MR) is 112 cm³/mol. The fourth-order valence-corrected chi connectivity index (χ4v) is 4.44. The molecule has 1 atom stereocenters. The summed E-state index contributed by atoms with van der Waals surface area (Å²) in [4.78, 5) is 26.7. The Bertz CT molecular complexity index is 919. The molecular weight excluding hydrogens is 421 g/mol.